The molecule has 1 saturated heterocycles. The third kappa shape index (κ3) is 3.26. The third-order valence-corrected chi connectivity index (χ3v) is 4.35. The molecule has 1 aliphatic rings. The van der Waals surface area contributed by atoms with E-state index in [-0.39, 0.29) is 18.3 Å². The lowest BCUT2D eigenvalue weighted by molar-refractivity contribution is 0.0828. The minimum atomic E-state index is 0. The molecule has 1 heterocycles. The van der Waals surface area contributed by atoms with Gasteiger partial charge >= 0.3 is 0 Å². The number of fused-ring (bicyclic) bond motifs is 1. The van der Waals surface area contributed by atoms with Gasteiger partial charge in [0.15, 0.2) is 0 Å². The van der Waals surface area contributed by atoms with Crippen LogP contribution in [0.4, 0.5) is 0 Å². The van der Waals surface area contributed by atoms with Crippen LogP contribution in [0, 0.1) is 0 Å². The average Bonchev–Trinajstić information content (AvgIpc) is 2.53. The van der Waals surface area contributed by atoms with Crippen LogP contribution in [0.1, 0.15) is 34.7 Å². The Bertz CT molecular complexity index is 663. The lowest BCUT2D eigenvalue weighted by Crippen LogP contribution is -2.26. The van der Waals surface area contributed by atoms with E-state index < -0.39 is 0 Å². The molecule has 0 aromatic heterocycles. The van der Waals surface area contributed by atoms with Crippen molar-refractivity contribution in [3.8, 4) is 0 Å². The highest BCUT2D eigenvalue weighted by Gasteiger charge is 2.17. The van der Waals surface area contributed by atoms with Crippen molar-refractivity contribution in [2.24, 2.45) is 0 Å². The number of hydrogen-bond acceptors (Lipinski definition) is 2. The zero-order valence-electron chi connectivity index (χ0n) is 13.1. The number of carbonyl (C=O) groups is 1. The number of hydrogen-bond donors (Lipinski definition) is 1. The van der Waals surface area contributed by atoms with Crippen molar-refractivity contribution in [3.05, 3.63) is 47.5 Å². The van der Waals surface area contributed by atoms with Crippen LogP contribution in [0.25, 0.3) is 10.8 Å². The maximum Gasteiger partial charge on any atom is 0.253 e. The number of piperidine rings is 1. The van der Waals surface area contributed by atoms with Gasteiger partial charge in [0.25, 0.3) is 5.91 Å². The first-order chi connectivity index (χ1) is 10.2. The predicted molar refractivity (Wildman–Crippen MR) is 94.1 cm³/mol. The van der Waals surface area contributed by atoms with Crippen LogP contribution in [-0.4, -0.2) is 38.0 Å². The second-order valence-electron chi connectivity index (χ2n) is 6.01. The van der Waals surface area contributed by atoms with Crippen molar-refractivity contribution in [1.82, 2.24) is 10.2 Å². The average molecular weight is 319 g/mol. The third-order valence-electron chi connectivity index (χ3n) is 4.35. The Morgan fingerprint density at radius 1 is 1.14 bits per heavy atom. The number of amides is 1. The fourth-order valence-electron chi connectivity index (χ4n) is 3.19. The summed E-state index contributed by atoms with van der Waals surface area (Å²) in [4.78, 5) is 13.7. The lowest BCUT2D eigenvalue weighted by atomic mass is 9.86. The second kappa shape index (κ2) is 7.12. The first-order valence-electron chi connectivity index (χ1n) is 7.62. The highest BCUT2D eigenvalue weighted by molar-refractivity contribution is 5.99. The molecule has 22 heavy (non-hydrogen) atoms. The molecule has 0 unspecified atom stereocenters. The molecule has 1 N–H and O–H groups in total. The van der Waals surface area contributed by atoms with Gasteiger partial charge in [-0.2, -0.15) is 0 Å². The fraction of sp³-hybridized carbons (Fsp3) is 0.389. The maximum absolute atomic E-state index is 12.1. The van der Waals surface area contributed by atoms with Crippen molar-refractivity contribution < 1.29 is 4.79 Å². The summed E-state index contributed by atoms with van der Waals surface area (Å²) >= 11 is 0. The number of rotatable bonds is 2. The molecule has 0 saturated carbocycles. The Morgan fingerprint density at radius 3 is 2.55 bits per heavy atom. The van der Waals surface area contributed by atoms with E-state index in [1.807, 2.05) is 12.1 Å². The Morgan fingerprint density at radius 2 is 1.86 bits per heavy atom. The Hall–Kier alpha value is -1.58. The van der Waals surface area contributed by atoms with Gasteiger partial charge < -0.3 is 10.2 Å². The number of nitrogens with one attached hydrogen (secondary N) is 1. The molecule has 0 radical (unpaired) electrons. The Kier molecular flexibility index (Phi) is 5.43. The van der Waals surface area contributed by atoms with Crippen LogP contribution in [-0.2, 0) is 0 Å². The maximum atomic E-state index is 12.1. The van der Waals surface area contributed by atoms with E-state index in [1.165, 1.54) is 29.2 Å². The summed E-state index contributed by atoms with van der Waals surface area (Å²) in [7, 11) is 3.58. The van der Waals surface area contributed by atoms with E-state index in [0.29, 0.717) is 5.92 Å². The van der Waals surface area contributed by atoms with Gasteiger partial charge in [-0.05, 0) is 60.3 Å². The topological polar surface area (TPSA) is 32.3 Å². The number of nitrogens with zero attached hydrogens (tertiary/aromatic N) is 1. The van der Waals surface area contributed by atoms with E-state index in [2.05, 4.69) is 29.6 Å². The molecule has 1 amide bonds. The van der Waals surface area contributed by atoms with E-state index in [0.717, 1.165) is 18.7 Å². The first-order valence-corrected chi connectivity index (χ1v) is 7.62. The normalized spacial score (nSPS) is 15.4. The Labute approximate surface area is 138 Å². The van der Waals surface area contributed by atoms with Crippen molar-refractivity contribution in [1.29, 1.82) is 0 Å². The molecule has 1 fully saturated rings. The molecule has 118 valence electrons. The molecule has 2 aromatic rings. The minimum absolute atomic E-state index is 0. The van der Waals surface area contributed by atoms with Crippen molar-refractivity contribution in [3.63, 3.8) is 0 Å². The quantitative estimate of drug-likeness (QED) is 0.920. The van der Waals surface area contributed by atoms with Gasteiger partial charge in [-0.15, -0.1) is 12.4 Å². The summed E-state index contributed by atoms with van der Waals surface area (Å²) in [6.07, 6.45) is 2.38. The van der Waals surface area contributed by atoms with Gasteiger partial charge in [0, 0.05) is 19.7 Å². The standard InChI is InChI=1S/C18H22N2O.ClH/c1-20(2)18(21)15-6-7-17-14(12-15)4-3-5-16(17)13-8-10-19-11-9-13;/h3-7,12-13,19H,8-11H2,1-2H3;1H. The highest BCUT2D eigenvalue weighted by atomic mass is 35.5. The molecule has 4 heteroatoms. The van der Waals surface area contributed by atoms with Gasteiger partial charge in [0.05, 0.1) is 0 Å². The van der Waals surface area contributed by atoms with E-state index in [9.17, 15) is 4.79 Å². The van der Waals surface area contributed by atoms with E-state index in [4.69, 9.17) is 0 Å². The smallest absolute Gasteiger partial charge is 0.253 e. The molecule has 2 aromatic carbocycles. The van der Waals surface area contributed by atoms with Crippen LogP contribution < -0.4 is 5.32 Å². The first kappa shape index (κ1) is 16.8. The number of carbonyl (C=O) groups excluding carboxylic acids is 1. The number of benzene rings is 2. The summed E-state index contributed by atoms with van der Waals surface area (Å²) in [5.41, 5.74) is 2.19. The van der Waals surface area contributed by atoms with Gasteiger partial charge in [-0.1, -0.05) is 24.3 Å². The summed E-state index contributed by atoms with van der Waals surface area (Å²) < 4.78 is 0. The van der Waals surface area contributed by atoms with E-state index in [1.54, 1.807) is 19.0 Å². The summed E-state index contributed by atoms with van der Waals surface area (Å²) in [5.74, 6) is 0.689. The molecule has 0 spiro atoms. The number of halogens is 1. The molecular weight excluding hydrogens is 296 g/mol. The van der Waals surface area contributed by atoms with Gasteiger partial charge in [0.2, 0.25) is 0 Å². The molecule has 0 atom stereocenters. The summed E-state index contributed by atoms with van der Waals surface area (Å²) in [6, 6.07) is 12.5. The fourth-order valence-corrected chi connectivity index (χ4v) is 3.19. The second-order valence-corrected chi connectivity index (χ2v) is 6.01. The molecule has 1 aliphatic heterocycles. The monoisotopic (exact) mass is 318 g/mol. The van der Waals surface area contributed by atoms with Crippen LogP contribution in [0.3, 0.4) is 0 Å². The highest BCUT2D eigenvalue weighted by Crippen LogP contribution is 2.31. The van der Waals surface area contributed by atoms with E-state index >= 15 is 0 Å². The molecule has 0 aliphatic carbocycles. The molecule has 0 bridgehead atoms. The lowest BCUT2D eigenvalue weighted by Gasteiger charge is -2.24. The van der Waals surface area contributed by atoms with Crippen LogP contribution >= 0.6 is 12.4 Å². The zero-order chi connectivity index (χ0) is 14.8. The summed E-state index contributed by atoms with van der Waals surface area (Å²) in [5, 5.41) is 5.88. The summed E-state index contributed by atoms with van der Waals surface area (Å²) in [6.45, 7) is 2.19. The molecular formula is C18H23ClN2O. The van der Waals surface area contributed by atoms with Crippen LogP contribution in [0.2, 0.25) is 0 Å². The molecule has 3 nitrogen and oxygen atoms in total. The van der Waals surface area contributed by atoms with Crippen molar-refractivity contribution >= 4 is 29.1 Å². The SMILES string of the molecule is CN(C)C(=O)c1ccc2c(C3CCNCC3)cccc2c1.Cl. The van der Waals surface area contributed by atoms with Crippen molar-refractivity contribution in [2.45, 2.75) is 18.8 Å². The van der Waals surface area contributed by atoms with Crippen molar-refractivity contribution in [2.75, 3.05) is 27.2 Å². The van der Waals surface area contributed by atoms with Gasteiger partial charge in [-0.25, -0.2) is 0 Å². The van der Waals surface area contributed by atoms with Crippen LogP contribution in [0.5, 0.6) is 0 Å². The largest absolute Gasteiger partial charge is 0.345 e. The van der Waals surface area contributed by atoms with Gasteiger partial charge in [-0.3, -0.25) is 4.79 Å². The predicted octanol–water partition coefficient (Wildman–Crippen LogP) is 3.43. The minimum Gasteiger partial charge on any atom is -0.345 e. The van der Waals surface area contributed by atoms with Crippen LogP contribution in [0.15, 0.2) is 36.4 Å². The molecule has 3 rings (SSSR count). The van der Waals surface area contributed by atoms with Gasteiger partial charge in [0.1, 0.15) is 0 Å². The zero-order valence-corrected chi connectivity index (χ0v) is 14.0. The Balaban J connectivity index is 0.00000176.